The number of alkyl halides is 3. The maximum atomic E-state index is 11.8. The molecule has 0 unspecified atom stereocenters. The molecule has 8 heteroatoms. The number of nitrogens with two attached hydrogens (primary N) is 1. The minimum absolute atomic E-state index is 0.245. The minimum Gasteiger partial charge on any atom is -0.493 e. The highest BCUT2D eigenvalue weighted by atomic mass is 79.9. The van der Waals surface area contributed by atoms with Gasteiger partial charge in [0.2, 0.25) is 0 Å². The quantitative estimate of drug-likeness (QED) is 0.762. The van der Waals surface area contributed by atoms with E-state index in [2.05, 4.69) is 20.7 Å². The van der Waals surface area contributed by atoms with E-state index in [1.165, 1.54) is 7.11 Å². The predicted molar refractivity (Wildman–Crippen MR) is 71.0 cm³/mol. The molecule has 0 aliphatic heterocycles. The van der Waals surface area contributed by atoms with Crippen molar-refractivity contribution in [3.63, 3.8) is 0 Å². The predicted octanol–water partition coefficient (Wildman–Crippen LogP) is 2.87. The van der Waals surface area contributed by atoms with Crippen LogP contribution in [0.1, 0.15) is 5.56 Å². The van der Waals surface area contributed by atoms with E-state index in [-0.39, 0.29) is 6.61 Å². The SMILES string of the molecule is COc1cc(CCN)cc(Br)c1OCCOC(F)(F)F. The van der Waals surface area contributed by atoms with Crippen LogP contribution in [0.2, 0.25) is 0 Å². The molecular formula is C12H15BrF3NO3. The van der Waals surface area contributed by atoms with Crippen molar-refractivity contribution in [3.8, 4) is 11.5 Å². The van der Waals surface area contributed by atoms with Gasteiger partial charge >= 0.3 is 6.36 Å². The van der Waals surface area contributed by atoms with Gasteiger partial charge in [-0.15, -0.1) is 13.2 Å². The van der Waals surface area contributed by atoms with E-state index in [1.54, 1.807) is 12.1 Å². The maximum Gasteiger partial charge on any atom is 0.522 e. The molecule has 2 N–H and O–H groups in total. The normalized spacial score (nSPS) is 11.5. The summed E-state index contributed by atoms with van der Waals surface area (Å²) in [6, 6.07) is 3.52. The van der Waals surface area contributed by atoms with Crippen LogP contribution in [-0.4, -0.2) is 33.2 Å². The molecule has 0 saturated carbocycles. The third kappa shape index (κ3) is 5.56. The van der Waals surface area contributed by atoms with Gasteiger partial charge in [0, 0.05) is 0 Å². The third-order valence-electron chi connectivity index (χ3n) is 2.32. The number of rotatable bonds is 7. The van der Waals surface area contributed by atoms with Crippen molar-refractivity contribution in [2.24, 2.45) is 5.73 Å². The average Bonchev–Trinajstić information content (AvgIpc) is 2.35. The minimum atomic E-state index is -4.66. The smallest absolute Gasteiger partial charge is 0.493 e. The van der Waals surface area contributed by atoms with E-state index in [9.17, 15) is 13.2 Å². The highest BCUT2D eigenvalue weighted by molar-refractivity contribution is 9.10. The Kier molecular flexibility index (Phi) is 6.57. The number of benzene rings is 1. The topological polar surface area (TPSA) is 53.7 Å². The molecule has 1 rings (SSSR count). The fraction of sp³-hybridized carbons (Fsp3) is 0.500. The summed E-state index contributed by atoms with van der Waals surface area (Å²) >= 11 is 3.29. The largest absolute Gasteiger partial charge is 0.522 e. The number of halogens is 4. The highest BCUT2D eigenvalue weighted by Crippen LogP contribution is 2.36. The van der Waals surface area contributed by atoms with E-state index < -0.39 is 13.0 Å². The standard InChI is InChI=1S/C12H15BrF3NO3/c1-18-10-7-8(2-3-17)6-9(13)11(10)19-4-5-20-12(14,15)16/h6-7H,2-5,17H2,1H3. The number of hydrogen-bond donors (Lipinski definition) is 1. The summed E-state index contributed by atoms with van der Waals surface area (Å²) in [6.07, 6.45) is -4.00. The Hall–Kier alpha value is -0.990. The van der Waals surface area contributed by atoms with Crippen molar-refractivity contribution in [3.05, 3.63) is 22.2 Å². The Morgan fingerprint density at radius 3 is 2.50 bits per heavy atom. The van der Waals surface area contributed by atoms with E-state index >= 15 is 0 Å². The average molecular weight is 358 g/mol. The van der Waals surface area contributed by atoms with Gasteiger partial charge in [-0.25, -0.2) is 0 Å². The molecule has 114 valence electrons. The van der Waals surface area contributed by atoms with Crippen molar-refractivity contribution in [1.29, 1.82) is 0 Å². The van der Waals surface area contributed by atoms with E-state index in [0.29, 0.717) is 28.9 Å². The van der Waals surface area contributed by atoms with Crippen molar-refractivity contribution < 1.29 is 27.4 Å². The molecule has 0 radical (unpaired) electrons. The van der Waals surface area contributed by atoms with Gasteiger partial charge in [0.25, 0.3) is 0 Å². The first kappa shape index (κ1) is 17.1. The lowest BCUT2D eigenvalue weighted by Crippen LogP contribution is -2.18. The number of hydrogen-bond acceptors (Lipinski definition) is 4. The van der Waals surface area contributed by atoms with E-state index in [1.807, 2.05) is 0 Å². The fourth-order valence-electron chi connectivity index (χ4n) is 1.53. The maximum absolute atomic E-state index is 11.8. The van der Waals surface area contributed by atoms with Gasteiger partial charge in [0.15, 0.2) is 11.5 Å². The lowest BCUT2D eigenvalue weighted by atomic mass is 10.1. The summed E-state index contributed by atoms with van der Waals surface area (Å²) in [7, 11) is 1.45. The summed E-state index contributed by atoms with van der Waals surface area (Å²) in [5.74, 6) is 0.758. The second-order valence-corrected chi connectivity index (χ2v) is 4.64. The fourth-order valence-corrected chi connectivity index (χ4v) is 2.13. The van der Waals surface area contributed by atoms with Gasteiger partial charge in [0.1, 0.15) is 6.61 Å². The zero-order chi connectivity index (χ0) is 15.2. The first-order chi connectivity index (χ1) is 9.37. The van der Waals surface area contributed by atoms with Crippen LogP contribution < -0.4 is 15.2 Å². The molecule has 0 fully saturated rings. The van der Waals surface area contributed by atoms with Crippen LogP contribution in [0, 0.1) is 0 Å². The van der Waals surface area contributed by atoms with Gasteiger partial charge < -0.3 is 15.2 Å². The lowest BCUT2D eigenvalue weighted by Gasteiger charge is -2.14. The number of methoxy groups -OCH3 is 1. The summed E-state index contributed by atoms with van der Waals surface area (Å²) in [5.41, 5.74) is 6.41. The zero-order valence-electron chi connectivity index (χ0n) is 10.8. The third-order valence-corrected chi connectivity index (χ3v) is 2.91. The molecule has 0 heterocycles. The van der Waals surface area contributed by atoms with Crippen LogP contribution in [0.3, 0.4) is 0 Å². The van der Waals surface area contributed by atoms with Gasteiger partial charge in [-0.05, 0) is 46.6 Å². The van der Waals surface area contributed by atoms with Crippen molar-refractivity contribution in [2.75, 3.05) is 26.9 Å². The Morgan fingerprint density at radius 1 is 1.25 bits per heavy atom. The molecule has 0 atom stereocenters. The van der Waals surface area contributed by atoms with Crippen molar-refractivity contribution in [2.45, 2.75) is 12.8 Å². The molecule has 1 aromatic rings. The highest BCUT2D eigenvalue weighted by Gasteiger charge is 2.28. The molecule has 4 nitrogen and oxygen atoms in total. The Labute approximate surface area is 123 Å². The second kappa shape index (κ2) is 7.70. The summed E-state index contributed by atoms with van der Waals surface area (Å²) in [5, 5.41) is 0. The van der Waals surface area contributed by atoms with Crippen LogP contribution >= 0.6 is 15.9 Å². The van der Waals surface area contributed by atoms with Crippen LogP contribution in [0.5, 0.6) is 11.5 Å². The molecule has 0 bridgehead atoms. The van der Waals surface area contributed by atoms with Crippen molar-refractivity contribution >= 4 is 15.9 Å². The van der Waals surface area contributed by atoms with Crippen LogP contribution in [-0.2, 0) is 11.2 Å². The van der Waals surface area contributed by atoms with E-state index in [0.717, 1.165) is 5.56 Å². The Morgan fingerprint density at radius 2 is 1.95 bits per heavy atom. The molecule has 0 aliphatic rings. The first-order valence-electron chi connectivity index (χ1n) is 5.77. The summed E-state index contributed by atoms with van der Waals surface area (Å²) in [4.78, 5) is 0. The van der Waals surface area contributed by atoms with Gasteiger partial charge in [-0.2, -0.15) is 0 Å². The zero-order valence-corrected chi connectivity index (χ0v) is 12.4. The van der Waals surface area contributed by atoms with Crippen molar-refractivity contribution in [1.82, 2.24) is 0 Å². The van der Waals surface area contributed by atoms with E-state index in [4.69, 9.17) is 15.2 Å². The van der Waals surface area contributed by atoms with Gasteiger partial charge in [0.05, 0.1) is 18.2 Å². The van der Waals surface area contributed by atoms with Gasteiger partial charge in [-0.3, -0.25) is 4.74 Å². The summed E-state index contributed by atoms with van der Waals surface area (Å²) < 4.78 is 50.1. The molecule has 0 aliphatic carbocycles. The lowest BCUT2D eigenvalue weighted by molar-refractivity contribution is -0.325. The van der Waals surface area contributed by atoms with Crippen LogP contribution in [0.4, 0.5) is 13.2 Å². The van der Waals surface area contributed by atoms with Crippen LogP contribution in [0.25, 0.3) is 0 Å². The monoisotopic (exact) mass is 357 g/mol. The Bertz CT molecular complexity index is 441. The summed E-state index contributed by atoms with van der Waals surface area (Å²) in [6.45, 7) is -0.358. The molecule has 1 aromatic carbocycles. The molecule has 0 aromatic heterocycles. The Balaban J connectivity index is 2.69. The second-order valence-electron chi connectivity index (χ2n) is 3.79. The first-order valence-corrected chi connectivity index (χ1v) is 6.56. The molecule has 20 heavy (non-hydrogen) atoms. The molecule has 0 amide bonds. The molecule has 0 saturated heterocycles. The number of ether oxygens (including phenoxy) is 3. The molecule has 0 spiro atoms. The van der Waals surface area contributed by atoms with Gasteiger partial charge in [-0.1, -0.05) is 0 Å². The van der Waals surface area contributed by atoms with Crippen LogP contribution in [0.15, 0.2) is 16.6 Å². The molecular weight excluding hydrogens is 343 g/mol.